The second kappa shape index (κ2) is 22.2. The van der Waals surface area contributed by atoms with Crippen LogP contribution in [0.1, 0.15) is 129 Å². The number of hydrogen-bond acceptors (Lipinski definition) is 9. The van der Waals surface area contributed by atoms with Crippen LogP contribution in [0.3, 0.4) is 0 Å². The Balaban J connectivity index is 0.00000272. The number of carboxylic acids is 2. The topological polar surface area (TPSA) is 155 Å². The number of rotatable bonds is 11. The Hall–Kier alpha value is -4.15. The molecule has 0 bridgehead atoms. The maximum atomic E-state index is 11.3. The average Bonchev–Trinajstić information content (AvgIpc) is 3.00. The first-order valence-electron chi connectivity index (χ1n) is 17.8. The number of carboxylic acid groups (broad SMARTS) is 2. The van der Waals surface area contributed by atoms with E-state index in [-0.39, 0.29) is 39.1 Å². The number of methoxy groups -OCH3 is 1. The third kappa shape index (κ3) is 18.0. The molecule has 0 atom stereocenters. The molecule has 0 amide bonds. The van der Waals surface area contributed by atoms with Gasteiger partial charge in [0, 0.05) is 52.7 Å². The van der Waals surface area contributed by atoms with Gasteiger partial charge in [0.2, 0.25) is 0 Å². The SMILES string of the molecule is CC(=O)[O-].CC(=O)[O-].COc1ccc(N=Cc2cc(CCC(C)C)cc(C(C)(C)C)c2O)c(N=Cc2cc(CCC(C)C)cc(C(C)(C)C)c2O)c1.[Co+2]. The van der Waals surface area contributed by atoms with E-state index in [1.807, 2.05) is 30.3 Å². The summed E-state index contributed by atoms with van der Waals surface area (Å²) in [4.78, 5) is 27.4. The summed E-state index contributed by atoms with van der Waals surface area (Å²) in [6, 6.07) is 13.9. The molecule has 0 spiro atoms. The predicted octanol–water partition coefficient (Wildman–Crippen LogP) is 7.89. The fourth-order valence-electron chi connectivity index (χ4n) is 5.10. The Labute approximate surface area is 327 Å². The van der Waals surface area contributed by atoms with E-state index in [0.717, 1.165) is 50.7 Å². The van der Waals surface area contributed by atoms with Gasteiger partial charge < -0.3 is 34.8 Å². The Morgan fingerprint density at radius 1 is 0.698 bits per heavy atom. The van der Waals surface area contributed by atoms with Crippen LogP contribution in [0, 0.1) is 11.8 Å². The van der Waals surface area contributed by atoms with Crippen molar-refractivity contribution in [3.05, 3.63) is 75.8 Å². The molecular formula is C43H60CoN2O7. The molecule has 10 heteroatoms. The zero-order chi connectivity index (χ0) is 40.0. The number of aliphatic carboxylic acids is 2. The van der Waals surface area contributed by atoms with Gasteiger partial charge in [-0.3, -0.25) is 9.98 Å². The number of aromatic hydroxyl groups is 2. The van der Waals surface area contributed by atoms with Gasteiger partial charge in [0.15, 0.2) is 0 Å². The van der Waals surface area contributed by atoms with Crippen LogP contribution in [0.2, 0.25) is 0 Å². The molecular weight excluding hydrogens is 715 g/mol. The molecule has 0 unspecified atom stereocenters. The summed E-state index contributed by atoms with van der Waals surface area (Å²) in [5, 5.41) is 40.3. The number of carbonyl (C=O) groups is 2. The first kappa shape index (κ1) is 48.8. The smallest absolute Gasteiger partial charge is 0.550 e. The number of aryl methyl sites for hydroxylation is 2. The van der Waals surface area contributed by atoms with Gasteiger partial charge in [0.1, 0.15) is 17.2 Å². The molecule has 0 heterocycles. The van der Waals surface area contributed by atoms with Crippen molar-refractivity contribution < 1.29 is 51.5 Å². The Morgan fingerprint density at radius 2 is 1.06 bits per heavy atom. The molecule has 3 aromatic rings. The quantitative estimate of drug-likeness (QED) is 0.188. The van der Waals surface area contributed by atoms with Gasteiger partial charge in [-0.15, -0.1) is 0 Å². The molecule has 9 nitrogen and oxygen atoms in total. The summed E-state index contributed by atoms with van der Waals surface area (Å²) in [6.45, 7) is 23.5. The number of aliphatic imine (C=N–C) groups is 2. The van der Waals surface area contributed by atoms with Gasteiger partial charge in [-0.05, 0) is 97.6 Å². The van der Waals surface area contributed by atoms with Crippen molar-refractivity contribution in [3.63, 3.8) is 0 Å². The Kier molecular flexibility index (Phi) is 20.4. The van der Waals surface area contributed by atoms with Gasteiger partial charge in [0.25, 0.3) is 0 Å². The number of phenolic OH excluding ortho intramolecular Hbond substituents is 2. The number of ether oxygens (including phenoxy) is 1. The summed E-state index contributed by atoms with van der Waals surface area (Å²) in [7, 11) is 1.63. The molecule has 0 aliphatic rings. The van der Waals surface area contributed by atoms with Crippen LogP contribution < -0.4 is 14.9 Å². The van der Waals surface area contributed by atoms with Crippen LogP contribution in [0.25, 0.3) is 0 Å². The zero-order valence-corrected chi connectivity index (χ0v) is 34.9. The van der Waals surface area contributed by atoms with Gasteiger partial charge in [-0.1, -0.05) is 81.4 Å². The van der Waals surface area contributed by atoms with E-state index < -0.39 is 11.9 Å². The van der Waals surface area contributed by atoms with Crippen molar-refractivity contribution in [1.82, 2.24) is 0 Å². The van der Waals surface area contributed by atoms with Crippen LogP contribution in [0.5, 0.6) is 17.2 Å². The number of benzene rings is 3. The van der Waals surface area contributed by atoms with E-state index >= 15 is 0 Å². The molecule has 1 radical (unpaired) electrons. The van der Waals surface area contributed by atoms with Crippen LogP contribution >= 0.6 is 0 Å². The maximum absolute atomic E-state index is 11.3. The molecule has 0 fully saturated rings. The van der Waals surface area contributed by atoms with Crippen LogP contribution in [0.4, 0.5) is 11.4 Å². The van der Waals surface area contributed by atoms with E-state index in [2.05, 4.69) is 81.4 Å². The first-order chi connectivity index (χ1) is 24.0. The normalized spacial score (nSPS) is 11.5. The summed E-state index contributed by atoms with van der Waals surface area (Å²) in [5.41, 5.74) is 6.38. The van der Waals surface area contributed by atoms with Crippen molar-refractivity contribution in [3.8, 4) is 17.2 Å². The molecule has 0 saturated heterocycles. The van der Waals surface area contributed by atoms with Gasteiger partial charge in [0.05, 0.1) is 18.5 Å². The standard InChI is InChI=1S/C39H54N2O3.2C2H4O2.Co/c1-25(2)12-14-27-18-29(36(42)32(20-27)38(5,6)7)23-40-34-17-16-31(44-11)22-35(34)41-24-30-19-28(15-13-26(3)4)21-33(37(30)43)39(8,9)10;2*1-2(3)4;/h16-26,42-43H,12-15H2,1-11H3;2*1H3,(H,3,4);/q;;;+2/p-2. The maximum Gasteiger partial charge on any atom is 2.00 e. The molecule has 293 valence electrons. The fourth-order valence-corrected chi connectivity index (χ4v) is 5.10. The largest absolute Gasteiger partial charge is 2.00 e. The summed E-state index contributed by atoms with van der Waals surface area (Å²) in [5.74, 6) is 0.181. The van der Waals surface area contributed by atoms with Gasteiger partial charge in [-0.2, -0.15) is 0 Å². The summed E-state index contributed by atoms with van der Waals surface area (Å²) in [6.07, 6.45) is 7.47. The second-order valence-corrected chi connectivity index (χ2v) is 15.9. The van der Waals surface area contributed by atoms with Gasteiger partial charge >= 0.3 is 16.8 Å². The Morgan fingerprint density at radius 3 is 1.38 bits per heavy atom. The van der Waals surface area contributed by atoms with E-state index in [1.165, 1.54) is 11.1 Å². The van der Waals surface area contributed by atoms with E-state index in [1.54, 1.807) is 19.5 Å². The molecule has 0 saturated carbocycles. The van der Waals surface area contributed by atoms with Crippen molar-refractivity contribution in [2.45, 2.75) is 120 Å². The Bertz CT molecular complexity index is 1680. The molecule has 53 heavy (non-hydrogen) atoms. The molecule has 3 aromatic carbocycles. The zero-order valence-electron chi connectivity index (χ0n) is 33.8. The minimum Gasteiger partial charge on any atom is -0.550 e. The molecule has 0 aliphatic carbocycles. The number of nitrogens with zero attached hydrogens (tertiary/aromatic N) is 2. The number of hydrogen-bond donors (Lipinski definition) is 2. The third-order valence-corrected chi connectivity index (χ3v) is 7.90. The minimum atomic E-state index is -1.08. The van der Waals surface area contributed by atoms with Crippen molar-refractivity contribution >= 4 is 35.7 Å². The van der Waals surface area contributed by atoms with Crippen molar-refractivity contribution in [2.24, 2.45) is 21.8 Å². The van der Waals surface area contributed by atoms with Crippen molar-refractivity contribution in [2.75, 3.05) is 7.11 Å². The monoisotopic (exact) mass is 775 g/mol. The van der Waals surface area contributed by atoms with E-state index in [4.69, 9.17) is 34.5 Å². The summed E-state index contributed by atoms with van der Waals surface area (Å²) < 4.78 is 5.50. The molecule has 0 aliphatic heterocycles. The second-order valence-electron chi connectivity index (χ2n) is 15.9. The van der Waals surface area contributed by atoms with Gasteiger partial charge in [-0.25, -0.2) is 0 Å². The number of carbonyl (C=O) groups excluding carboxylic acids is 2. The fraction of sp³-hybridized carbons (Fsp3) is 0.488. The molecule has 0 aromatic heterocycles. The van der Waals surface area contributed by atoms with E-state index in [0.29, 0.717) is 40.1 Å². The van der Waals surface area contributed by atoms with Crippen molar-refractivity contribution in [1.29, 1.82) is 0 Å². The minimum absolute atomic E-state index is 0. The molecule has 2 N–H and O–H groups in total. The summed E-state index contributed by atoms with van der Waals surface area (Å²) >= 11 is 0. The third-order valence-electron chi connectivity index (χ3n) is 7.90. The average molecular weight is 776 g/mol. The first-order valence-corrected chi connectivity index (χ1v) is 17.8. The number of phenols is 2. The van der Waals surface area contributed by atoms with Crippen LogP contribution in [0.15, 0.2) is 52.4 Å². The van der Waals surface area contributed by atoms with Crippen LogP contribution in [-0.2, 0) is 50.0 Å². The van der Waals surface area contributed by atoms with E-state index in [9.17, 15) is 10.2 Å². The predicted molar refractivity (Wildman–Crippen MR) is 209 cm³/mol. The molecule has 3 rings (SSSR count). The van der Waals surface area contributed by atoms with Crippen LogP contribution in [-0.4, -0.2) is 41.7 Å².